The molecule has 3 heterocycles. The first-order valence-corrected chi connectivity index (χ1v) is 13.9. The molecule has 0 bridgehead atoms. The van der Waals surface area contributed by atoms with Crippen LogP contribution in [0.25, 0.3) is 15.2 Å². The first-order valence-electron chi connectivity index (χ1n) is 13.1. The number of aromatic nitrogens is 5. The van der Waals surface area contributed by atoms with Crippen molar-refractivity contribution in [3.63, 3.8) is 0 Å². The summed E-state index contributed by atoms with van der Waals surface area (Å²) in [5.74, 6) is -0.855. The maximum Gasteiger partial charge on any atom is 0.333 e. The van der Waals surface area contributed by atoms with Crippen molar-refractivity contribution in [2.45, 2.75) is 78.4 Å². The second-order valence-electron chi connectivity index (χ2n) is 10.5. The number of nitrogens with one attached hydrogen (secondary N) is 1. The summed E-state index contributed by atoms with van der Waals surface area (Å²) in [5.41, 5.74) is -0.495. The van der Waals surface area contributed by atoms with Crippen molar-refractivity contribution in [1.82, 2.24) is 29.4 Å². The highest BCUT2D eigenvalue weighted by Crippen LogP contribution is 2.31. The number of halogens is 1. The van der Waals surface area contributed by atoms with Crippen LogP contribution in [0.2, 0.25) is 0 Å². The Labute approximate surface area is 234 Å². The molecule has 1 aromatic carbocycles. The van der Waals surface area contributed by atoms with Crippen LogP contribution in [-0.2, 0) is 29.7 Å². The third-order valence-corrected chi connectivity index (χ3v) is 8.11. The third-order valence-electron chi connectivity index (χ3n) is 6.83. The first-order chi connectivity index (χ1) is 19.0. The number of nitriles is 1. The SMILES string of the molecule is Cc1c(-n2nccn2)sc2c1c(=O)n(C(C)(C)C(=O)NC(C)C)c(=O)n2CCc1cc(F)ccc1CCCC#N. The van der Waals surface area contributed by atoms with Gasteiger partial charge in [0.25, 0.3) is 5.56 Å². The van der Waals surface area contributed by atoms with Crippen molar-refractivity contribution < 1.29 is 9.18 Å². The molecule has 0 aliphatic heterocycles. The maximum absolute atomic E-state index is 14.2. The largest absolute Gasteiger partial charge is 0.352 e. The molecule has 4 rings (SSSR count). The fraction of sp³-hybridized carbons (Fsp3) is 0.429. The highest BCUT2D eigenvalue weighted by molar-refractivity contribution is 7.21. The summed E-state index contributed by atoms with van der Waals surface area (Å²) in [7, 11) is 0. The Morgan fingerprint density at radius 1 is 1.18 bits per heavy atom. The van der Waals surface area contributed by atoms with Crippen molar-refractivity contribution in [2.24, 2.45) is 0 Å². The number of thiophene rings is 1. The van der Waals surface area contributed by atoms with Crippen LogP contribution in [0.15, 0.2) is 40.2 Å². The smallest absolute Gasteiger partial charge is 0.333 e. The lowest BCUT2D eigenvalue weighted by atomic mass is 9.99. The molecule has 0 radical (unpaired) electrons. The zero-order valence-electron chi connectivity index (χ0n) is 23.2. The minimum Gasteiger partial charge on any atom is -0.352 e. The Morgan fingerprint density at radius 2 is 1.88 bits per heavy atom. The number of unbranched alkanes of at least 4 members (excludes halogenated alkanes) is 1. The van der Waals surface area contributed by atoms with E-state index in [2.05, 4.69) is 21.6 Å². The molecule has 12 heteroatoms. The Hall–Kier alpha value is -4.11. The third kappa shape index (κ3) is 5.47. The number of benzene rings is 1. The van der Waals surface area contributed by atoms with E-state index in [9.17, 15) is 18.8 Å². The predicted octanol–water partition coefficient (Wildman–Crippen LogP) is 3.60. The van der Waals surface area contributed by atoms with E-state index in [1.54, 1.807) is 40.7 Å². The van der Waals surface area contributed by atoms with Crippen LogP contribution in [-0.4, -0.2) is 36.1 Å². The van der Waals surface area contributed by atoms with Gasteiger partial charge in [-0.15, -0.1) is 4.80 Å². The van der Waals surface area contributed by atoms with Gasteiger partial charge in [0, 0.05) is 24.6 Å². The molecule has 3 aromatic heterocycles. The summed E-state index contributed by atoms with van der Waals surface area (Å²) in [6.07, 6.45) is 4.96. The summed E-state index contributed by atoms with van der Waals surface area (Å²) in [4.78, 5) is 43.0. The van der Waals surface area contributed by atoms with Gasteiger partial charge in [-0.2, -0.15) is 15.5 Å². The molecule has 0 aliphatic carbocycles. The second-order valence-corrected chi connectivity index (χ2v) is 11.4. The predicted molar refractivity (Wildman–Crippen MR) is 151 cm³/mol. The van der Waals surface area contributed by atoms with Gasteiger partial charge in [0.2, 0.25) is 5.91 Å². The molecule has 0 saturated carbocycles. The van der Waals surface area contributed by atoms with Gasteiger partial charge in [0.15, 0.2) is 0 Å². The lowest BCUT2D eigenvalue weighted by Crippen LogP contribution is -2.56. The van der Waals surface area contributed by atoms with E-state index in [0.717, 1.165) is 15.7 Å². The fourth-order valence-electron chi connectivity index (χ4n) is 4.74. The standard InChI is InChI=1S/C28H32FN7O3S/c1-17(2)33-26(38)28(4,5)35-23(37)22-18(3)24(36-31-13-14-32-36)40-25(22)34(27(35)39)15-11-20-16-21(29)10-9-19(20)8-6-7-12-30/h9-10,13-14,16-17H,6-8,11,15H2,1-5H3,(H,33,38). The maximum atomic E-state index is 14.2. The molecule has 10 nitrogen and oxygen atoms in total. The molecule has 40 heavy (non-hydrogen) atoms. The lowest BCUT2D eigenvalue weighted by molar-refractivity contribution is -0.129. The van der Waals surface area contributed by atoms with Gasteiger partial charge < -0.3 is 5.32 Å². The average molecular weight is 566 g/mol. The van der Waals surface area contributed by atoms with E-state index in [-0.39, 0.29) is 12.6 Å². The molecule has 1 N–H and O–H groups in total. The Morgan fingerprint density at radius 3 is 2.52 bits per heavy atom. The fourth-order valence-corrected chi connectivity index (χ4v) is 5.97. The summed E-state index contributed by atoms with van der Waals surface area (Å²) >= 11 is 1.21. The topological polar surface area (TPSA) is 128 Å². The van der Waals surface area contributed by atoms with E-state index in [1.165, 1.54) is 45.2 Å². The van der Waals surface area contributed by atoms with Crippen molar-refractivity contribution in [2.75, 3.05) is 0 Å². The number of amides is 1. The van der Waals surface area contributed by atoms with Crippen LogP contribution >= 0.6 is 11.3 Å². The quantitative estimate of drug-likeness (QED) is 0.293. The van der Waals surface area contributed by atoms with Crippen LogP contribution in [0.4, 0.5) is 4.39 Å². The molecule has 210 valence electrons. The number of hydrogen-bond donors (Lipinski definition) is 1. The molecular weight excluding hydrogens is 533 g/mol. The first kappa shape index (κ1) is 28.9. The zero-order valence-corrected chi connectivity index (χ0v) is 24.0. The van der Waals surface area contributed by atoms with Crippen molar-refractivity contribution in [3.8, 4) is 11.1 Å². The summed E-state index contributed by atoms with van der Waals surface area (Å²) in [6, 6.07) is 6.47. The summed E-state index contributed by atoms with van der Waals surface area (Å²) in [5, 5.41) is 21.0. The molecule has 0 aliphatic rings. The number of nitrogens with zero attached hydrogens (tertiary/aromatic N) is 6. The highest BCUT2D eigenvalue weighted by atomic mass is 32.1. The van der Waals surface area contributed by atoms with Gasteiger partial charge in [-0.05, 0) is 77.1 Å². The van der Waals surface area contributed by atoms with Gasteiger partial charge in [0.05, 0.1) is 23.8 Å². The van der Waals surface area contributed by atoms with Gasteiger partial charge in [-0.1, -0.05) is 17.4 Å². The van der Waals surface area contributed by atoms with E-state index in [0.29, 0.717) is 46.5 Å². The van der Waals surface area contributed by atoms with Gasteiger partial charge in [-0.25, -0.2) is 13.8 Å². The number of aryl methyl sites for hydroxylation is 4. The molecule has 0 atom stereocenters. The minimum atomic E-state index is -1.49. The number of hydrogen-bond acceptors (Lipinski definition) is 7. The molecule has 1 amide bonds. The highest BCUT2D eigenvalue weighted by Gasteiger charge is 2.35. The molecular formula is C28H32FN7O3S. The van der Waals surface area contributed by atoms with Crippen molar-refractivity contribution >= 4 is 27.5 Å². The van der Waals surface area contributed by atoms with E-state index >= 15 is 0 Å². The van der Waals surface area contributed by atoms with Crippen LogP contribution in [0.1, 0.15) is 57.2 Å². The number of fused-ring (bicyclic) bond motifs is 1. The second kappa shape index (κ2) is 11.6. The van der Waals surface area contributed by atoms with Gasteiger partial charge >= 0.3 is 5.69 Å². The van der Waals surface area contributed by atoms with Crippen LogP contribution in [0.3, 0.4) is 0 Å². The Bertz CT molecular complexity index is 1710. The summed E-state index contributed by atoms with van der Waals surface area (Å²) in [6.45, 7) is 8.59. The Balaban J connectivity index is 1.90. The van der Waals surface area contributed by atoms with Crippen LogP contribution in [0.5, 0.6) is 0 Å². The number of rotatable bonds is 10. The molecule has 0 spiro atoms. The van der Waals surface area contributed by atoms with Crippen LogP contribution < -0.4 is 16.6 Å². The van der Waals surface area contributed by atoms with Crippen molar-refractivity contribution in [1.29, 1.82) is 5.26 Å². The zero-order chi connectivity index (χ0) is 29.2. The monoisotopic (exact) mass is 565 g/mol. The average Bonchev–Trinajstić information content (AvgIpc) is 3.53. The normalized spacial score (nSPS) is 11.8. The van der Waals surface area contributed by atoms with E-state index in [4.69, 9.17) is 5.26 Å². The molecule has 4 aromatic rings. The van der Waals surface area contributed by atoms with E-state index < -0.39 is 28.5 Å². The lowest BCUT2D eigenvalue weighted by Gasteiger charge is -2.27. The number of carbonyl (C=O) groups excluding carboxylic acids is 1. The molecule has 0 saturated heterocycles. The van der Waals surface area contributed by atoms with Crippen LogP contribution in [0, 0.1) is 24.1 Å². The van der Waals surface area contributed by atoms with Crippen molar-refractivity contribution in [3.05, 3.63) is 73.9 Å². The molecule has 0 fully saturated rings. The minimum absolute atomic E-state index is 0.137. The van der Waals surface area contributed by atoms with Gasteiger partial charge in [-0.3, -0.25) is 14.2 Å². The van der Waals surface area contributed by atoms with Gasteiger partial charge in [0.1, 0.15) is 21.2 Å². The number of carbonyl (C=O) groups is 1. The Kier molecular flexibility index (Phi) is 8.34. The van der Waals surface area contributed by atoms with E-state index in [1.807, 2.05) is 0 Å². The summed E-state index contributed by atoms with van der Waals surface area (Å²) < 4.78 is 16.7. The molecule has 0 unspecified atom stereocenters.